The molecule has 0 unspecified atom stereocenters. The molecular formula is C37H34N4O5. The van der Waals surface area contributed by atoms with Gasteiger partial charge in [0.05, 0.1) is 17.9 Å². The van der Waals surface area contributed by atoms with Crippen LogP contribution in [0.3, 0.4) is 0 Å². The Balaban J connectivity index is 1.16. The van der Waals surface area contributed by atoms with E-state index in [1.54, 1.807) is 61.6 Å². The van der Waals surface area contributed by atoms with Crippen molar-refractivity contribution in [2.45, 2.75) is 13.3 Å². The van der Waals surface area contributed by atoms with Gasteiger partial charge in [0.1, 0.15) is 17.3 Å². The van der Waals surface area contributed by atoms with Crippen LogP contribution in [0.1, 0.15) is 32.7 Å². The summed E-state index contributed by atoms with van der Waals surface area (Å²) in [4.78, 5) is 44.3. The molecule has 5 rings (SSSR count). The first-order valence-electron chi connectivity index (χ1n) is 14.8. The molecule has 3 amide bonds. The fourth-order valence-electron chi connectivity index (χ4n) is 4.68. The standard InChI is InChI=1S/C37H34N4O5/c1-26-17-19-27(20-18-26)30-13-6-7-14-31(30)35(42)40-34-22-21-28(25-39-34)36(43)41(2)32-15-8-9-16-33(32)45-24-10-23-38-37(44)46-29-11-4-3-5-12-29/h3-9,11-22,25H,10,23-24H2,1-2H3,(H,38,44)(H,39,40,42). The highest BCUT2D eigenvalue weighted by atomic mass is 16.6. The summed E-state index contributed by atoms with van der Waals surface area (Å²) in [5.41, 5.74) is 4.34. The summed E-state index contributed by atoms with van der Waals surface area (Å²) in [5, 5.41) is 5.53. The fraction of sp³-hybridized carbons (Fsp3) is 0.135. The predicted octanol–water partition coefficient (Wildman–Crippen LogP) is 7.14. The topological polar surface area (TPSA) is 110 Å². The highest BCUT2D eigenvalue weighted by molar-refractivity contribution is 6.09. The Hall–Kier alpha value is -5.96. The molecule has 0 bridgehead atoms. The first-order chi connectivity index (χ1) is 22.4. The highest BCUT2D eigenvalue weighted by Gasteiger charge is 2.19. The molecule has 0 saturated carbocycles. The van der Waals surface area contributed by atoms with Crippen molar-refractivity contribution in [3.8, 4) is 22.6 Å². The molecular weight excluding hydrogens is 580 g/mol. The molecule has 0 aliphatic carbocycles. The number of ether oxygens (including phenoxy) is 2. The van der Waals surface area contributed by atoms with Crippen molar-refractivity contribution in [3.63, 3.8) is 0 Å². The number of carbonyl (C=O) groups excluding carboxylic acids is 3. The minimum Gasteiger partial charge on any atom is -0.491 e. The second kappa shape index (κ2) is 15.2. The number of rotatable bonds is 11. The lowest BCUT2D eigenvalue weighted by molar-refractivity contribution is 0.0990. The molecule has 0 saturated heterocycles. The average Bonchev–Trinajstić information content (AvgIpc) is 3.09. The van der Waals surface area contributed by atoms with Gasteiger partial charge in [0.2, 0.25) is 0 Å². The fourth-order valence-corrected chi connectivity index (χ4v) is 4.68. The minimum absolute atomic E-state index is 0.295. The van der Waals surface area contributed by atoms with E-state index in [9.17, 15) is 14.4 Å². The van der Waals surface area contributed by atoms with E-state index < -0.39 is 6.09 Å². The normalized spacial score (nSPS) is 10.5. The van der Waals surface area contributed by atoms with Crippen molar-refractivity contribution in [3.05, 3.63) is 138 Å². The quantitative estimate of drug-likeness (QED) is 0.153. The molecule has 1 heterocycles. The SMILES string of the molecule is Cc1ccc(-c2ccccc2C(=O)Nc2ccc(C(=O)N(C)c3ccccc3OCCCNC(=O)Oc3ccccc3)cn2)cc1. The third-order valence-corrected chi connectivity index (χ3v) is 7.12. The molecule has 0 aliphatic heterocycles. The molecule has 232 valence electrons. The first kappa shape index (κ1) is 31.5. The van der Waals surface area contributed by atoms with Gasteiger partial charge in [0.25, 0.3) is 11.8 Å². The van der Waals surface area contributed by atoms with Gasteiger partial charge < -0.3 is 25.0 Å². The maximum absolute atomic E-state index is 13.4. The molecule has 9 nitrogen and oxygen atoms in total. The molecule has 46 heavy (non-hydrogen) atoms. The van der Waals surface area contributed by atoms with E-state index in [0.29, 0.717) is 53.7 Å². The van der Waals surface area contributed by atoms with Gasteiger partial charge >= 0.3 is 6.09 Å². The Morgan fingerprint density at radius 3 is 2.28 bits per heavy atom. The number of anilines is 2. The maximum Gasteiger partial charge on any atom is 0.412 e. The van der Waals surface area contributed by atoms with Gasteiger partial charge in [-0.2, -0.15) is 0 Å². The van der Waals surface area contributed by atoms with Crippen molar-refractivity contribution >= 4 is 29.4 Å². The van der Waals surface area contributed by atoms with E-state index in [0.717, 1.165) is 16.7 Å². The smallest absolute Gasteiger partial charge is 0.412 e. The summed E-state index contributed by atoms with van der Waals surface area (Å²) >= 11 is 0. The van der Waals surface area contributed by atoms with Crippen LogP contribution < -0.4 is 25.0 Å². The molecule has 9 heteroatoms. The summed E-state index contributed by atoms with van der Waals surface area (Å²) in [6, 6.07) is 34.6. The summed E-state index contributed by atoms with van der Waals surface area (Å²) in [6.45, 7) is 2.69. The van der Waals surface area contributed by atoms with E-state index in [1.807, 2.05) is 67.6 Å². The van der Waals surface area contributed by atoms with Gasteiger partial charge in [-0.15, -0.1) is 0 Å². The largest absolute Gasteiger partial charge is 0.491 e. The molecule has 0 aliphatic rings. The Kier molecular flexibility index (Phi) is 10.4. The lowest BCUT2D eigenvalue weighted by Gasteiger charge is -2.21. The van der Waals surface area contributed by atoms with Gasteiger partial charge in [-0.1, -0.05) is 78.4 Å². The van der Waals surface area contributed by atoms with Gasteiger partial charge in [-0.05, 0) is 66.9 Å². The second-order valence-electron chi connectivity index (χ2n) is 10.5. The molecule has 2 N–H and O–H groups in total. The highest BCUT2D eigenvalue weighted by Crippen LogP contribution is 2.29. The Labute approximate surface area is 267 Å². The molecule has 0 spiro atoms. The number of aryl methyl sites for hydroxylation is 1. The van der Waals surface area contributed by atoms with Crippen LogP contribution in [0.5, 0.6) is 11.5 Å². The number of aromatic nitrogens is 1. The van der Waals surface area contributed by atoms with E-state index in [4.69, 9.17) is 9.47 Å². The summed E-state index contributed by atoms with van der Waals surface area (Å²) in [7, 11) is 1.66. The summed E-state index contributed by atoms with van der Waals surface area (Å²) < 4.78 is 11.2. The van der Waals surface area contributed by atoms with E-state index in [2.05, 4.69) is 15.6 Å². The number of nitrogens with zero attached hydrogens (tertiary/aromatic N) is 2. The second-order valence-corrected chi connectivity index (χ2v) is 10.5. The van der Waals surface area contributed by atoms with Gasteiger partial charge in [-0.25, -0.2) is 9.78 Å². The van der Waals surface area contributed by atoms with Crippen LogP contribution in [-0.4, -0.2) is 43.1 Å². The number of amides is 3. The number of nitrogens with one attached hydrogen (secondary N) is 2. The summed E-state index contributed by atoms with van der Waals surface area (Å²) in [5.74, 6) is 0.722. The van der Waals surface area contributed by atoms with Crippen LogP contribution in [0.15, 0.2) is 121 Å². The van der Waals surface area contributed by atoms with Crippen LogP contribution >= 0.6 is 0 Å². The number of benzene rings is 4. The number of hydrogen-bond donors (Lipinski definition) is 2. The molecule has 4 aromatic carbocycles. The molecule has 0 fully saturated rings. The van der Waals surface area contributed by atoms with Crippen molar-refractivity contribution in [2.24, 2.45) is 0 Å². The van der Waals surface area contributed by atoms with E-state index >= 15 is 0 Å². The zero-order valence-electron chi connectivity index (χ0n) is 25.6. The van der Waals surface area contributed by atoms with Crippen LogP contribution in [0.2, 0.25) is 0 Å². The average molecular weight is 615 g/mol. The van der Waals surface area contributed by atoms with Gasteiger partial charge in [0.15, 0.2) is 0 Å². The van der Waals surface area contributed by atoms with Crippen molar-refractivity contribution in [1.29, 1.82) is 0 Å². The number of pyridine rings is 1. The van der Waals surface area contributed by atoms with E-state index in [1.165, 1.54) is 11.1 Å². The zero-order valence-corrected chi connectivity index (χ0v) is 25.6. The van der Waals surface area contributed by atoms with Crippen LogP contribution in [0.25, 0.3) is 11.1 Å². The van der Waals surface area contributed by atoms with Gasteiger partial charge in [-0.3, -0.25) is 9.59 Å². The number of hydrogen-bond acceptors (Lipinski definition) is 6. The third-order valence-electron chi connectivity index (χ3n) is 7.12. The Bertz CT molecular complexity index is 1790. The maximum atomic E-state index is 13.4. The van der Waals surface area contributed by atoms with Crippen molar-refractivity contribution in [1.82, 2.24) is 10.3 Å². The molecule has 1 aromatic heterocycles. The van der Waals surface area contributed by atoms with Crippen molar-refractivity contribution in [2.75, 3.05) is 30.4 Å². The lowest BCUT2D eigenvalue weighted by Crippen LogP contribution is -2.29. The Morgan fingerprint density at radius 1 is 0.804 bits per heavy atom. The Morgan fingerprint density at radius 2 is 1.52 bits per heavy atom. The lowest BCUT2D eigenvalue weighted by atomic mass is 9.98. The number of para-hydroxylation sites is 3. The van der Waals surface area contributed by atoms with Crippen LogP contribution in [0.4, 0.5) is 16.3 Å². The minimum atomic E-state index is -0.539. The van der Waals surface area contributed by atoms with Crippen LogP contribution in [0, 0.1) is 6.92 Å². The van der Waals surface area contributed by atoms with Gasteiger partial charge in [0, 0.05) is 25.4 Å². The predicted molar refractivity (Wildman–Crippen MR) is 179 cm³/mol. The molecule has 0 radical (unpaired) electrons. The third kappa shape index (κ3) is 8.15. The van der Waals surface area contributed by atoms with Crippen LogP contribution in [-0.2, 0) is 0 Å². The molecule has 0 atom stereocenters. The van der Waals surface area contributed by atoms with Crippen molar-refractivity contribution < 1.29 is 23.9 Å². The zero-order chi connectivity index (χ0) is 32.3. The monoisotopic (exact) mass is 614 g/mol. The summed E-state index contributed by atoms with van der Waals surface area (Å²) in [6.07, 6.45) is 1.43. The molecule has 5 aromatic rings. The number of carbonyl (C=O) groups is 3. The van der Waals surface area contributed by atoms with E-state index in [-0.39, 0.29) is 11.8 Å². The first-order valence-corrected chi connectivity index (χ1v) is 14.8.